The SMILES string of the molecule is CC(OC(=O)c1cccc(Nc2ccc(-c3ccoc3)cc2N)c1)C1CCCN1. The van der Waals surface area contributed by atoms with E-state index in [1.54, 1.807) is 24.7 Å². The molecule has 1 aliphatic rings. The van der Waals surface area contributed by atoms with Crippen LogP contribution in [-0.4, -0.2) is 24.7 Å². The van der Waals surface area contributed by atoms with Crippen molar-refractivity contribution in [1.82, 2.24) is 5.32 Å². The molecule has 6 heteroatoms. The van der Waals surface area contributed by atoms with Crippen molar-refractivity contribution >= 4 is 23.0 Å². The van der Waals surface area contributed by atoms with Gasteiger partial charge in [-0.05, 0) is 68.3 Å². The number of hydrogen-bond acceptors (Lipinski definition) is 6. The van der Waals surface area contributed by atoms with Gasteiger partial charge in [-0.1, -0.05) is 12.1 Å². The molecule has 1 aliphatic heterocycles. The molecule has 0 amide bonds. The van der Waals surface area contributed by atoms with E-state index in [1.165, 1.54) is 0 Å². The van der Waals surface area contributed by atoms with Gasteiger partial charge in [0.25, 0.3) is 0 Å². The van der Waals surface area contributed by atoms with Crippen LogP contribution in [0, 0.1) is 0 Å². The number of furan rings is 1. The Bertz CT molecular complexity index is 979. The first kappa shape index (κ1) is 19.1. The molecule has 29 heavy (non-hydrogen) atoms. The average Bonchev–Trinajstić information content (AvgIpc) is 3.44. The van der Waals surface area contributed by atoms with Crippen molar-refractivity contribution in [2.75, 3.05) is 17.6 Å². The fourth-order valence-corrected chi connectivity index (χ4v) is 3.60. The predicted octanol–water partition coefficient (Wildman–Crippen LogP) is 4.57. The lowest BCUT2D eigenvalue weighted by molar-refractivity contribution is 0.0269. The number of carbonyl (C=O) groups is 1. The van der Waals surface area contributed by atoms with Crippen molar-refractivity contribution in [3.63, 3.8) is 0 Å². The Labute approximate surface area is 170 Å². The van der Waals surface area contributed by atoms with Crippen LogP contribution in [0.2, 0.25) is 0 Å². The lowest BCUT2D eigenvalue weighted by Gasteiger charge is -2.20. The van der Waals surface area contributed by atoms with Crippen LogP contribution in [0.4, 0.5) is 17.1 Å². The molecule has 1 fully saturated rings. The topological polar surface area (TPSA) is 89.5 Å². The van der Waals surface area contributed by atoms with Gasteiger partial charge >= 0.3 is 5.97 Å². The minimum Gasteiger partial charge on any atom is -0.472 e. The molecule has 0 aliphatic carbocycles. The lowest BCUT2D eigenvalue weighted by Crippen LogP contribution is -2.36. The standard InChI is InChI=1S/C23H25N3O3/c1-15(21-6-3-10-25-21)29-23(27)17-4-2-5-19(12-17)26-22-8-7-16(13-20(22)24)18-9-11-28-14-18/h2,4-5,7-9,11-15,21,25-26H,3,6,10,24H2,1H3. The molecule has 2 aromatic carbocycles. The molecule has 4 N–H and O–H groups in total. The first-order valence-electron chi connectivity index (χ1n) is 9.84. The fraction of sp³-hybridized carbons (Fsp3) is 0.261. The predicted molar refractivity (Wildman–Crippen MR) is 114 cm³/mol. The Morgan fingerprint density at radius 1 is 1.24 bits per heavy atom. The van der Waals surface area contributed by atoms with Crippen molar-refractivity contribution in [3.05, 3.63) is 66.6 Å². The van der Waals surface area contributed by atoms with Gasteiger partial charge < -0.3 is 25.5 Å². The highest BCUT2D eigenvalue weighted by atomic mass is 16.5. The molecular formula is C23H25N3O3. The molecule has 2 heterocycles. The summed E-state index contributed by atoms with van der Waals surface area (Å²) in [4.78, 5) is 12.5. The maximum atomic E-state index is 12.5. The molecular weight excluding hydrogens is 366 g/mol. The zero-order valence-corrected chi connectivity index (χ0v) is 16.4. The van der Waals surface area contributed by atoms with Crippen LogP contribution in [0.5, 0.6) is 0 Å². The number of carbonyl (C=O) groups excluding carboxylic acids is 1. The van der Waals surface area contributed by atoms with Crippen molar-refractivity contribution in [3.8, 4) is 11.1 Å². The number of nitrogens with one attached hydrogen (secondary N) is 2. The summed E-state index contributed by atoms with van der Waals surface area (Å²) in [6.07, 6.45) is 5.30. The number of hydrogen-bond donors (Lipinski definition) is 3. The van der Waals surface area contributed by atoms with E-state index in [4.69, 9.17) is 14.9 Å². The van der Waals surface area contributed by atoms with Gasteiger partial charge in [-0.15, -0.1) is 0 Å². The zero-order valence-electron chi connectivity index (χ0n) is 16.4. The third-order valence-electron chi connectivity index (χ3n) is 5.24. The summed E-state index contributed by atoms with van der Waals surface area (Å²) in [7, 11) is 0. The van der Waals surface area contributed by atoms with Crippen LogP contribution in [0.3, 0.4) is 0 Å². The van der Waals surface area contributed by atoms with E-state index in [1.807, 2.05) is 43.3 Å². The summed E-state index contributed by atoms with van der Waals surface area (Å²) in [6, 6.07) is 15.1. The van der Waals surface area contributed by atoms with Crippen LogP contribution < -0.4 is 16.4 Å². The maximum Gasteiger partial charge on any atom is 0.338 e. The van der Waals surface area contributed by atoms with E-state index in [0.717, 1.165) is 41.9 Å². The summed E-state index contributed by atoms with van der Waals surface area (Å²) in [6.45, 7) is 2.91. The van der Waals surface area contributed by atoms with Crippen molar-refractivity contribution in [1.29, 1.82) is 0 Å². The molecule has 0 spiro atoms. The Hall–Kier alpha value is -3.25. The number of rotatable bonds is 6. The highest BCUT2D eigenvalue weighted by Crippen LogP contribution is 2.29. The Morgan fingerprint density at radius 3 is 2.86 bits per heavy atom. The van der Waals surface area contributed by atoms with Crippen LogP contribution in [0.25, 0.3) is 11.1 Å². The van der Waals surface area contributed by atoms with Crippen molar-refractivity contribution < 1.29 is 13.9 Å². The molecule has 6 nitrogen and oxygen atoms in total. The van der Waals surface area contributed by atoms with E-state index in [-0.39, 0.29) is 18.1 Å². The van der Waals surface area contributed by atoms with Gasteiger partial charge in [0.1, 0.15) is 6.10 Å². The zero-order chi connectivity index (χ0) is 20.2. The minimum absolute atomic E-state index is 0.160. The molecule has 1 aromatic heterocycles. The second-order valence-corrected chi connectivity index (χ2v) is 7.33. The minimum atomic E-state index is -0.321. The summed E-state index contributed by atoms with van der Waals surface area (Å²) < 4.78 is 10.8. The Morgan fingerprint density at radius 2 is 2.14 bits per heavy atom. The number of nitrogens with two attached hydrogens (primary N) is 1. The van der Waals surface area contributed by atoms with Gasteiger partial charge in [0.05, 0.1) is 29.5 Å². The van der Waals surface area contributed by atoms with Crippen LogP contribution in [0.1, 0.15) is 30.1 Å². The van der Waals surface area contributed by atoms with E-state index >= 15 is 0 Å². The number of esters is 1. The van der Waals surface area contributed by atoms with Crippen molar-refractivity contribution in [2.24, 2.45) is 0 Å². The Balaban J connectivity index is 1.45. The largest absolute Gasteiger partial charge is 0.472 e. The molecule has 3 aromatic rings. The highest BCUT2D eigenvalue weighted by Gasteiger charge is 2.24. The molecule has 4 rings (SSSR count). The van der Waals surface area contributed by atoms with E-state index in [0.29, 0.717) is 11.3 Å². The fourth-order valence-electron chi connectivity index (χ4n) is 3.60. The molecule has 0 saturated carbocycles. The van der Waals surface area contributed by atoms with Crippen LogP contribution in [-0.2, 0) is 4.74 Å². The quantitative estimate of drug-likeness (QED) is 0.421. The molecule has 2 unspecified atom stereocenters. The second-order valence-electron chi connectivity index (χ2n) is 7.33. The Kier molecular flexibility index (Phi) is 5.53. The van der Waals surface area contributed by atoms with Gasteiger partial charge in [-0.25, -0.2) is 4.79 Å². The van der Waals surface area contributed by atoms with Crippen LogP contribution in [0.15, 0.2) is 65.5 Å². The summed E-state index contributed by atoms with van der Waals surface area (Å²) >= 11 is 0. The normalized spacial score (nSPS) is 17.1. The summed E-state index contributed by atoms with van der Waals surface area (Å²) in [5.74, 6) is -0.321. The van der Waals surface area contributed by atoms with Gasteiger partial charge in [-0.3, -0.25) is 0 Å². The second kappa shape index (κ2) is 8.41. The first-order valence-corrected chi connectivity index (χ1v) is 9.84. The van der Waals surface area contributed by atoms with E-state index in [9.17, 15) is 4.79 Å². The molecule has 1 saturated heterocycles. The van der Waals surface area contributed by atoms with E-state index < -0.39 is 0 Å². The summed E-state index contributed by atoms with van der Waals surface area (Å²) in [5.41, 5.74) is 10.8. The molecule has 150 valence electrons. The smallest absolute Gasteiger partial charge is 0.338 e. The summed E-state index contributed by atoms with van der Waals surface area (Å²) in [5, 5.41) is 6.65. The monoisotopic (exact) mass is 391 g/mol. The van der Waals surface area contributed by atoms with Crippen molar-refractivity contribution in [2.45, 2.75) is 31.9 Å². The van der Waals surface area contributed by atoms with Crippen LogP contribution >= 0.6 is 0 Å². The first-order chi connectivity index (χ1) is 14.1. The van der Waals surface area contributed by atoms with Gasteiger partial charge in [0.15, 0.2) is 0 Å². The number of ether oxygens (including phenoxy) is 1. The maximum absolute atomic E-state index is 12.5. The number of nitrogen functional groups attached to an aromatic ring is 1. The lowest BCUT2D eigenvalue weighted by atomic mass is 10.1. The van der Waals surface area contributed by atoms with Gasteiger partial charge in [0.2, 0.25) is 0 Å². The molecule has 2 atom stereocenters. The molecule has 0 radical (unpaired) electrons. The van der Waals surface area contributed by atoms with Gasteiger partial charge in [-0.2, -0.15) is 0 Å². The molecule has 0 bridgehead atoms. The van der Waals surface area contributed by atoms with E-state index in [2.05, 4.69) is 10.6 Å². The van der Waals surface area contributed by atoms with Gasteiger partial charge in [0, 0.05) is 17.3 Å². The number of anilines is 3. The average molecular weight is 391 g/mol. The number of benzene rings is 2. The third-order valence-corrected chi connectivity index (χ3v) is 5.24. The highest BCUT2D eigenvalue weighted by molar-refractivity contribution is 5.91. The third kappa shape index (κ3) is 4.43.